The summed E-state index contributed by atoms with van der Waals surface area (Å²) < 4.78 is 32.6. The van der Waals surface area contributed by atoms with Crippen LogP contribution in [0.15, 0.2) is 150 Å². The van der Waals surface area contributed by atoms with Gasteiger partial charge in [-0.05, 0) is 101 Å². The van der Waals surface area contributed by atoms with E-state index in [1.807, 2.05) is 80.8 Å². The topological polar surface area (TPSA) is 51.8 Å². The number of nitrogens with zero attached hydrogens (tertiary/aromatic N) is 3. The van der Waals surface area contributed by atoms with Gasteiger partial charge in [-0.15, -0.1) is 59.2 Å². The molecule has 4 heterocycles. The van der Waals surface area contributed by atoms with Crippen molar-refractivity contribution >= 4 is 35.3 Å². The van der Waals surface area contributed by atoms with Crippen LogP contribution in [0, 0.1) is 32.9 Å². The summed E-state index contributed by atoms with van der Waals surface area (Å²) in [4.78, 5) is 13.8. The van der Waals surface area contributed by atoms with Crippen molar-refractivity contribution in [3.05, 3.63) is 191 Å². The third-order valence-electron chi connectivity index (χ3n) is 10.8. The van der Waals surface area contributed by atoms with E-state index in [0.29, 0.717) is 27.8 Å². The number of hydrogen-bond acceptors (Lipinski definition) is 4. The van der Waals surface area contributed by atoms with Crippen LogP contribution < -0.4 is 5.19 Å². The fraction of sp³-hybridized carbons (Fsp3) is 0.182. The number of rotatable bonds is 8. The van der Waals surface area contributed by atoms with Crippen molar-refractivity contribution in [3.8, 4) is 44.8 Å². The first-order valence-electron chi connectivity index (χ1n) is 21.9. The Hall–Kier alpha value is -5.78. The first-order chi connectivity index (χ1) is 30.0. The average molecular weight is 993 g/mol. The number of pyridine rings is 3. The SMILES string of the molecule is [2H]C(C)(C)c1cc(-c2[c-]ccc(-c3ccccc3)c2)ncc1[Si](C)(C)C.[2H]C([2H])(c1ccccc1)c1ccnc2oc3c[c-]c(-c4cc(-c5c(C)cc(C)cc5C)ccn4)cc3c12.[Ir]. The Morgan fingerprint density at radius 1 is 0.705 bits per heavy atom. The van der Waals surface area contributed by atoms with Crippen LogP contribution in [0.1, 0.15) is 57.2 Å². The van der Waals surface area contributed by atoms with Crippen LogP contribution in [-0.4, -0.2) is 23.0 Å². The van der Waals surface area contributed by atoms with E-state index in [1.54, 1.807) is 30.5 Å². The average Bonchev–Trinajstić information content (AvgIpc) is 3.64. The van der Waals surface area contributed by atoms with Gasteiger partial charge in [0.25, 0.3) is 0 Å². The summed E-state index contributed by atoms with van der Waals surface area (Å²) >= 11 is 0. The Balaban J connectivity index is 0.000000201. The third kappa shape index (κ3) is 9.58. The summed E-state index contributed by atoms with van der Waals surface area (Å²) in [6, 6.07) is 48.5. The molecule has 307 valence electrons. The molecule has 4 aromatic heterocycles. The molecule has 0 unspecified atom stereocenters. The summed E-state index contributed by atoms with van der Waals surface area (Å²) in [6.07, 6.45) is 3.70. The smallest absolute Gasteiger partial charge is 0.216 e. The molecule has 0 aliphatic carbocycles. The molecular formula is C55H51IrN3OSi-2. The predicted octanol–water partition coefficient (Wildman–Crippen LogP) is 13.9. The van der Waals surface area contributed by atoms with Crippen LogP contribution >= 0.6 is 0 Å². The van der Waals surface area contributed by atoms with Crippen LogP contribution in [0.3, 0.4) is 0 Å². The maximum atomic E-state index is 8.98. The Morgan fingerprint density at radius 3 is 2.08 bits per heavy atom. The number of furan rings is 1. The van der Waals surface area contributed by atoms with E-state index in [0.717, 1.165) is 44.6 Å². The van der Waals surface area contributed by atoms with E-state index >= 15 is 0 Å². The van der Waals surface area contributed by atoms with E-state index in [4.69, 9.17) is 13.5 Å². The minimum atomic E-state index is -1.72. The first-order valence-corrected chi connectivity index (χ1v) is 23.9. The number of aromatic nitrogens is 3. The molecule has 0 aliphatic heterocycles. The van der Waals surface area contributed by atoms with Gasteiger partial charge in [0, 0.05) is 48.2 Å². The van der Waals surface area contributed by atoms with E-state index in [2.05, 4.69) is 111 Å². The zero-order valence-electron chi connectivity index (χ0n) is 38.9. The number of benzene rings is 5. The Labute approximate surface area is 379 Å². The summed E-state index contributed by atoms with van der Waals surface area (Å²) in [7, 11) is -1.57. The molecule has 0 atom stereocenters. The minimum Gasteiger partial charge on any atom is -0.486 e. The summed E-state index contributed by atoms with van der Waals surface area (Å²) in [5.74, 6) is -0.648. The van der Waals surface area contributed by atoms with Crippen molar-refractivity contribution < 1.29 is 28.6 Å². The summed E-state index contributed by atoms with van der Waals surface area (Å²) in [5, 5.41) is 2.73. The van der Waals surface area contributed by atoms with Crippen molar-refractivity contribution in [2.24, 2.45) is 0 Å². The van der Waals surface area contributed by atoms with Gasteiger partial charge in [0.1, 0.15) is 0 Å². The number of fused-ring (bicyclic) bond motifs is 3. The monoisotopic (exact) mass is 993 g/mol. The van der Waals surface area contributed by atoms with Crippen LogP contribution in [0.5, 0.6) is 0 Å². The van der Waals surface area contributed by atoms with Crippen LogP contribution in [0.2, 0.25) is 19.6 Å². The molecule has 61 heavy (non-hydrogen) atoms. The van der Waals surface area contributed by atoms with Crippen molar-refractivity contribution in [1.29, 1.82) is 0 Å². The van der Waals surface area contributed by atoms with E-state index in [-0.39, 0.29) is 20.1 Å². The van der Waals surface area contributed by atoms with Gasteiger partial charge in [-0.25, -0.2) is 4.98 Å². The van der Waals surface area contributed by atoms with Crippen molar-refractivity contribution in [3.63, 3.8) is 0 Å². The van der Waals surface area contributed by atoms with Gasteiger partial charge < -0.3 is 14.4 Å². The maximum absolute atomic E-state index is 8.98. The van der Waals surface area contributed by atoms with Crippen molar-refractivity contribution in [2.75, 3.05) is 0 Å². The second-order valence-electron chi connectivity index (χ2n) is 16.7. The zero-order chi connectivity index (χ0) is 44.7. The van der Waals surface area contributed by atoms with Gasteiger partial charge in [-0.2, -0.15) is 0 Å². The number of aryl methyl sites for hydroxylation is 3. The Morgan fingerprint density at radius 2 is 1.38 bits per heavy atom. The van der Waals surface area contributed by atoms with E-state index in [1.165, 1.54) is 33.0 Å². The summed E-state index contributed by atoms with van der Waals surface area (Å²) in [5.41, 5.74) is 15.0. The summed E-state index contributed by atoms with van der Waals surface area (Å²) in [6.45, 7) is 17.2. The Kier molecular flexibility index (Phi) is 11.9. The van der Waals surface area contributed by atoms with Gasteiger partial charge in [0.15, 0.2) is 0 Å². The quantitative estimate of drug-likeness (QED) is 0.112. The van der Waals surface area contributed by atoms with Gasteiger partial charge in [-0.1, -0.05) is 135 Å². The molecule has 0 fully saturated rings. The largest absolute Gasteiger partial charge is 0.486 e. The zero-order valence-corrected chi connectivity index (χ0v) is 39.3. The van der Waals surface area contributed by atoms with E-state index in [9.17, 15) is 0 Å². The van der Waals surface area contributed by atoms with Gasteiger partial charge in [-0.3, -0.25) is 0 Å². The fourth-order valence-electron chi connectivity index (χ4n) is 7.98. The molecule has 5 aromatic carbocycles. The molecule has 0 saturated carbocycles. The first kappa shape index (κ1) is 39.4. The standard InChI is InChI=1S/C32H25N2O.C23H26NSi.Ir/c1-20-15-21(2)30(22(3)16-20)26-11-13-33-28(19-26)24-9-10-29-27(18-24)31-25(12-14-34-32(31)35-29)17-23-7-5-4-6-8-23;1-17(2)21-15-22(24-16-23(21)25(3,4)5)20-13-9-12-19(14-20)18-10-7-6-8-11-18;/h4-8,10-16,18-19H,17H2,1-3H3;6-12,14-17H,1-5H3;/q2*-1;/i17D2;17D;. The second-order valence-corrected chi connectivity index (χ2v) is 21.7. The van der Waals surface area contributed by atoms with Crippen LogP contribution in [-0.2, 0) is 26.5 Å². The predicted molar refractivity (Wildman–Crippen MR) is 253 cm³/mol. The molecule has 0 aliphatic rings. The second kappa shape index (κ2) is 18.5. The molecule has 6 heteroatoms. The van der Waals surface area contributed by atoms with Crippen molar-refractivity contribution in [1.82, 2.24) is 15.0 Å². The molecular weight excluding hydrogens is 939 g/mol. The van der Waals surface area contributed by atoms with Gasteiger partial charge in [0.05, 0.1) is 13.7 Å². The molecule has 0 spiro atoms. The van der Waals surface area contributed by atoms with Crippen LogP contribution in [0.25, 0.3) is 66.8 Å². The normalized spacial score (nSPS) is 12.5. The fourth-order valence-corrected chi connectivity index (χ4v) is 9.56. The minimum absolute atomic E-state index is 0. The molecule has 1 radical (unpaired) electrons. The van der Waals surface area contributed by atoms with Crippen LogP contribution in [0.4, 0.5) is 0 Å². The van der Waals surface area contributed by atoms with Gasteiger partial charge >= 0.3 is 0 Å². The molecule has 4 nitrogen and oxygen atoms in total. The molecule has 0 N–H and O–H groups in total. The van der Waals surface area contributed by atoms with Crippen molar-refractivity contribution in [2.45, 2.75) is 66.5 Å². The van der Waals surface area contributed by atoms with E-state index < -0.39 is 20.3 Å². The molecule has 0 bridgehead atoms. The Bertz CT molecular complexity index is 3080. The number of hydrogen-bond donors (Lipinski definition) is 0. The molecule has 9 aromatic rings. The maximum Gasteiger partial charge on any atom is 0.216 e. The molecule has 0 amide bonds. The molecule has 9 rings (SSSR count). The molecule has 0 saturated heterocycles. The van der Waals surface area contributed by atoms with Gasteiger partial charge in [0.2, 0.25) is 5.71 Å². The third-order valence-corrected chi connectivity index (χ3v) is 12.8.